The summed E-state index contributed by atoms with van der Waals surface area (Å²) in [4.78, 5) is 0. The summed E-state index contributed by atoms with van der Waals surface area (Å²) < 4.78 is 13.9. The molecule has 0 spiro atoms. The zero-order valence-electron chi connectivity index (χ0n) is 12.2. The molecule has 1 aliphatic heterocycles. The molecule has 1 aromatic carbocycles. The zero-order valence-corrected chi connectivity index (χ0v) is 12.2. The molecule has 0 saturated carbocycles. The van der Waals surface area contributed by atoms with Crippen LogP contribution in [0.2, 0.25) is 0 Å². The average Bonchev–Trinajstić information content (AvgIpc) is 2.83. The van der Waals surface area contributed by atoms with Crippen LogP contribution in [0, 0.1) is 12.8 Å². The van der Waals surface area contributed by atoms with Crippen LogP contribution in [0.1, 0.15) is 37.8 Å². The molecule has 0 bridgehead atoms. The molecule has 0 radical (unpaired) electrons. The van der Waals surface area contributed by atoms with Gasteiger partial charge in [0.1, 0.15) is 5.67 Å². The maximum atomic E-state index is 13.9. The molecular formula is C16H25FN2. The minimum Gasteiger partial charge on any atom is -0.385 e. The maximum absolute atomic E-state index is 13.9. The summed E-state index contributed by atoms with van der Waals surface area (Å²) >= 11 is 0. The second-order valence-electron chi connectivity index (χ2n) is 6.08. The fourth-order valence-corrected chi connectivity index (χ4v) is 2.60. The Bertz CT molecular complexity index is 417. The summed E-state index contributed by atoms with van der Waals surface area (Å²) in [6.07, 6.45) is 2.48. The molecule has 1 aromatic rings. The summed E-state index contributed by atoms with van der Waals surface area (Å²) in [6.45, 7) is 8.53. The molecule has 2 nitrogen and oxygen atoms in total. The fourth-order valence-electron chi connectivity index (χ4n) is 2.60. The number of hydrogen-bond donors (Lipinski definition) is 2. The Morgan fingerprint density at radius 1 is 1.42 bits per heavy atom. The van der Waals surface area contributed by atoms with Crippen molar-refractivity contribution < 1.29 is 4.39 Å². The van der Waals surface area contributed by atoms with Crippen LogP contribution in [0.5, 0.6) is 0 Å². The predicted octanol–water partition coefficient (Wildman–Crippen LogP) is 3.61. The number of nitrogens with one attached hydrogen (secondary N) is 2. The normalized spacial score (nSPS) is 19.7. The van der Waals surface area contributed by atoms with Gasteiger partial charge in [0.05, 0.1) is 0 Å². The minimum atomic E-state index is -1.27. The Morgan fingerprint density at radius 3 is 2.79 bits per heavy atom. The van der Waals surface area contributed by atoms with Gasteiger partial charge in [-0.25, -0.2) is 4.39 Å². The highest BCUT2D eigenvalue weighted by atomic mass is 19.1. The molecule has 106 valence electrons. The van der Waals surface area contributed by atoms with Crippen molar-refractivity contribution in [1.29, 1.82) is 0 Å². The lowest BCUT2D eigenvalue weighted by atomic mass is 9.97. The van der Waals surface area contributed by atoms with Crippen LogP contribution in [-0.4, -0.2) is 19.6 Å². The van der Waals surface area contributed by atoms with Crippen molar-refractivity contribution in [2.45, 2.75) is 39.3 Å². The van der Waals surface area contributed by atoms with Crippen molar-refractivity contribution in [2.24, 2.45) is 5.92 Å². The van der Waals surface area contributed by atoms with Gasteiger partial charge in [0.25, 0.3) is 0 Å². The van der Waals surface area contributed by atoms with Crippen LogP contribution in [0.15, 0.2) is 18.2 Å². The highest BCUT2D eigenvalue weighted by Crippen LogP contribution is 2.28. The third kappa shape index (κ3) is 3.93. The second-order valence-corrected chi connectivity index (χ2v) is 6.08. The first-order valence-corrected chi connectivity index (χ1v) is 7.21. The molecular weight excluding hydrogens is 239 g/mol. The van der Waals surface area contributed by atoms with E-state index < -0.39 is 5.67 Å². The van der Waals surface area contributed by atoms with Gasteiger partial charge in [-0.3, -0.25) is 0 Å². The number of rotatable bonds is 5. The monoisotopic (exact) mass is 264 g/mol. The first-order chi connectivity index (χ1) is 8.97. The van der Waals surface area contributed by atoms with E-state index in [4.69, 9.17) is 0 Å². The molecule has 0 amide bonds. The van der Waals surface area contributed by atoms with Gasteiger partial charge in [-0.1, -0.05) is 12.1 Å². The van der Waals surface area contributed by atoms with E-state index >= 15 is 0 Å². The van der Waals surface area contributed by atoms with Crippen molar-refractivity contribution in [1.82, 2.24) is 5.32 Å². The summed E-state index contributed by atoms with van der Waals surface area (Å²) in [5.74, 6) is 0.803. The Balaban J connectivity index is 1.90. The van der Waals surface area contributed by atoms with Gasteiger partial charge in [0.2, 0.25) is 0 Å². The summed E-state index contributed by atoms with van der Waals surface area (Å²) in [7, 11) is 0. The third-order valence-corrected chi connectivity index (χ3v) is 3.94. The van der Waals surface area contributed by atoms with Crippen LogP contribution < -0.4 is 10.6 Å². The Morgan fingerprint density at radius 2 is 2.21 bits per heavy atom. The molecule has 1 unspecified atom stereocenters. The molecule has 0 aliphatic carbocycles. The van der Waals surface area contributed by atoms with Crippen molar-refractivity contribution >= 4 is 5.69 Å². The largest absolute Gasteiger partial charge is 0.385 e. The van der Waals surface area contributed by atoms with E-state index in [1.807, 2.05) is 25.1 Å². The van der Waals surface area contributed by atoms with E-state index in [0.29, 0.717) is 0 Å². The molecule has 2 rings (SSSR count). The first-order valence-electron chi connectivity index (χ1n) is 7.21. The van der Waals surface area contributed by atoms with Gasteiger partial charge in [0.15, 0.2) is 0 Å². The summed E-state index contributed by atoms with van der Waals surface area (Å²) in [5.41, 5.74) is 1.72. The van der Waals surface area contributed by atoms with E-state index in [0.717, 1.165) is 42.4 Å². The number of alkyl halides is 1. The van der Waals surface area contributed by atoms with Gasteiger partial charge in [-0.2, -0.15) is 0 Å². The average molecular weight is 264 g/mol. The number of anilines is 1. The third-order valence-electron chi connectivity index (χ3n) is 3.94. The summed E-state index contributed by atoms with van der Waals surface area (Å²) in [5, 5.41) is 6.86. The maximum Gasteiger partial charge on any atom is 0.130 e. The molecule has 3 heteroatoms. The first kappa shape index (κ1) is 14.3. The Hall–Kier alpha value is -1.09. The molecule has 19 heavy (non-hydrogen) atoms. The predicted molar refractivity (Wildman–Crippen MR) is 79.4 cm³/mol. The van der Waals surface area contributed by atoms with Gasteiger partial charge < -0.3 is 10.6 Å². The molecule has 1 saturated heterocycles. The van der Waals surface area contributed by atoms with Crippen LogP contribution in [0.25, 0.3) is 0 Å². The molecule has 1 aliphatic rings. The van der Waals surface area contributed by atoms with Gasteiger partial charge in [0, 0.05) is 12.2 Å². The number of benzene rings is 1. The van der Waals surface area contributed by atoms with Crippen molar-refractivity contribution in [2.75, 3.05) is 25.0 Å². The molecule has 1 fully saturated rings. The van der Waals surface area contributed by atoms with E-state index in [-0.39, 0.29) is 0 Å². The minimum absolute atomic E-state index is 0.746. The molecule has 1 atom stereocenters. The molecule has 1 heterocycles. The lowest BCUT2D eigenvalue weighted by Crippen LogP contribution is -2.13. The van der Waals surface area contributed by atoms with Crippen molar-refractivity contribution in [3.05, 3.63) is 29.3 Å². The van der Waals surface area contributed by atoms with Crippen molar-refractivity contribution in [3.63, 3.8) is 0 Å². The van der Waals surface area contributed by atoms with Crippen LogP contribution >= 0.6 is 0 Å². The number of halogens is 1. The highest BCUT2D eigenvalue weighted by molar-refractivity contribution is 5.52. The SMILES string of the molecule is Cc1cc(C(C)(C)F)ccc1NCCC1CCNC1. The topological polar surface area (TPSA) is 24.1 Å². The summed E-state index contributed by atoms with van der Waals surface area (Å²) in [6, 6.07) is 5.82. The lowest BCUT2D eigenvalue weighted by Gasteiger charge is -2.18. The zero-order chi connectivity index (χ0) is 13.9. The van der Waals surface area contributed by atoms with Gasteiger partial charge in [-0.05, 0) is 69.8 Å². The Kier molecular flexibility index (Phi) is 4.46. The van der Waals surface area contributed by atoms with Gasteiger partial charge in [-0.15, -0.1) is 0 Å². The van der Waals surface area contributed by atoms with E-state index in [9.17, 15) is 4.39 Å². The van der Waals surface area contributed by atoms with Crippen molar-refractivity contribution in [3.8, 4) is 0 Å². The van der Waals surface area contributed by atoms with E-state index in [2.05, 4.69) is 10.6 Å². The number of hydrogen-bond acceptors (Lipinski definition) is 2. The lowest BCUT2D eigenvalue weighted by molar-refractivity contribution is 0.221. The Labute approximate surface area is 115 Å². The van der Waals surface area contributed by atoms with Crippen LogP contribution in [0.4, 0.5) is 10.1 Å². The standard InChI is InChI=1S/C16H25FN2/c1-12-10-14(16(2,3)17)4-5-15(12)19-9-7-13-6-8-18-11-13/h4-5,10,13,18-19H,6-9,11H2,1-3H3. The van der Waals surface area contributed by atoms with Gasteiger partial charge >= 0.3 is 0 Å². The second kappa shape index (κ2) is 5.91. The smallest absolute Gasteiger partial charge is 0.130 e. The van der Waals surface area contributed by atoms with Crippen LogP contribution in [0.3, 0.4) is 0 Å². The number of aryl methyl sites for hydroxylation is 1. The highest BCUT2D eigenvalue weighted by Gasteiger charge is 2.19. The van der Waals surface area contributed by atoms with E-state index in [1.165, 1.54) is 12.8 Å². The van der Waals surface area contributed by atoms with Crippen LogP contribution in [-0.2, 0) is 5.67 Å². The molecule has 2 N–H and O–H groups in total. The molecule has 0 aromatic heterocycles. The quantitative estimate of drug-likeness (QED) is 0.849. The van der Waals surface area contributed by atoms with E-state index in [1.54, 1.807) is 13.8 Å². The fraction of sp³-hybridized carbons (Fsp3) is 0.625.